The smallest absolute Gasteiger partial charge is 0.327 e. The SMILES string of the molecule is NC1CC1P(=O)(O)O. The molecule has 0 saturated heterocycles. The first-order valence-electron chi connectivity index (χ1n) is 2.32. The second-order valence-corrected chi connectivity index (χ2v) is 3.90. The molecule has 1 aliphatic carbocycles. The summed E-state index contributed by atoms with van der Waals surface area (Å²) >= 11 is 0. The van der Waals surface area contributed by atoms with Crippen molar-refractivity contribution >= 4 is 7.60 Å². The van der Waals surface area contributed by atoms with Gasteiger partial charge in [0.2, 0.25) is 0 Å². The molecule has 4 nitrogen and oxygen atoms in total. The van der Waals surface area contributed by atoms with Gasteiger partial charge in [-0.2, -0.15) is 0 Å². The lowest BCUT2D eigenvalue weighted by atomic mass is 10.8. The fourth-order valence-corrected chi connectivity index (χ4v) is 1.60. The lowest BCUT2D eigenvalue weighted by Gasteiger charge is -1.97. The molecule has 1 rings (SSSR count). The minimum atomic E-state index is -3.81. The van der Waals surface area contributed by atoms with Crippen LogP contribution >= 0.6 is 7.60 Å². The Morgan fingerprint density at radius 3 is 2.00 bits per heavy atom. The van der Waals surface area contributed by atoms with Gasteiger partial charge in [0.1, 0.15) is 0 Å². The summed E-state index contributed by atoms with van der Waals surface area (Å²) in [5.41, 5.74) is 4.62. The van der Waals surface area contributed by atoms with Crippen molar-refractivity contribution in [2.45, 2.75) is 18.1 Å². The second kappa shape index (κ2) is 1.54. The Bertz CT molecular complexity index is 141. The predicted molar refractivity (Wildman–Crippen MR) is 28.4 cm³/mol. The van der Waals surface area contributed by atoms with Crippen molar-refractivity contribution in [3.8, 4) is 0 Å². The van der Waals surface area contributed by atoms with Crippen LogP contribution in [0.3, 0.4) is 0 Å². The highest BCUT2D eigenvalue weighted by Crippen LogP contribution is 2.53. The highest BCUT2D eigenvalue weighted by molar-refractivity contribution is 7.53. The van der Waals surface area contributed by atoms with Crippen molar-refractivity contribution in [1.82, 2.24) is 0 Å². The summed E-state index contributed by atoms with van der Waals surface area (Å²) in [6.45, 7) is 0. The van der Waals surface area contributed by atoms with Crippen LogP contribution < -0.4 is 5.73 Å². The summed E-state index contributed by atoms with van der Waals surface area (Å²) in [7, 11) is -3.81. The average Bonchev–Trinajstić information content (AvgIpc) is 2.13. The van der Waals surface area contributed by atoms with Crippen LogP contribution in [-0.2, 0) is 4.57 Å². The monoisotopic (exact) mass is 137 g/mol. The van der Waals surface area contributed by atoms with Gasteiger partial charge < -0.3 is 15.5 Å². The Kier molecular flexibility index (Phi) is 1.20. The predicted octanol–water partition coefficient (Wildman–Crippen LogP) is -0.736. The molecule has 2 unspecified atom stereocenters. The van der Waals surface area contributed by atoms with Gasteiger partial charge in [-0.05, 0) is 6.42 Å². The molecular weight excluding hydrogens is 129 g/mol. The standard InChI is InChI=1S/C3H8NO3P/c4-2-1-3(2)8(5,6)7/h2-3H,1,4H2,(H2,5,6,7). The summed E-state index contributed by atoms with van der Waals surface area (Å²) in [5, 5.41) is 0. The van der Waals surface area contributed by atoms with Crippen molar-refractivity contribution in [2.75, 3.05) is 0 Å². The minimum Gasteiger partial charge on any atom is -0.327 e. The maximum absolute atomic E-state index is 10.2. The van der Waals surface area contributed by atoms with Gasteiger partial charge in [0.15, 0.2) is 0 Å². The maximum atomic E-state index is 10.2. The van der Waals surface area contributed by atoms with E-state index in [1.807, 2.05) is 0 Å². The third kappa shape index (κ3) is 1.09. The zero-order chi connectivity index (χ0) is 6.36. The van der Waals surface area contributed by atoms with Crippen molar-refractivity contribution in [3.63, 3.8) is 0 Å². The van der Waals surface area contributed by atoms with E-state index in [-0.39, 0.29) is 6.04 Å². The molecule has 1 fully saturated rings. The second-order valence-electron chi connectivity index (χ2n) is 2.06. The molecule has 2 atom stereocenters. The molecule has 1 aliphatic rings. The summed E-state index contributed by atoms with van der Waals surface area (Å²) in [4.78, 5) is 16.7. The fourth-order valence-electron chi connectivity index (χ4n) is 0.587. The van der Waals surface area contributed by atoms with Crippen LogP contribution in [0.15, 0.2) is 0 Å². The van der Waals surface area contributed by atoms with Crippen molar-refractivity contribution in [3.05, 3.63) is 0 Å². The molecule has 0 bridgehead atoms. The van der Waals surface area contributed by atoms with Gasteiger partial charge in [-0.15, -0.1) is 0 Å². The van der Waals surface area contributed by atoms with Gasteiger partial charge in [-0.25, -0.2) is 0 Å². The first kappa shape index (κ1) is 6.23. The normalized spacial score (nSPS) is 37.4. The molecule has 0 aliphatic heterocycles. The molecule has 0 aromatic heterocycles. The Morgan fingerprint density at radius 2 is 2.00 bits per heavy atom. The molecular formula is C3H8NO3P. The Morgan fingerprint density at radius 1 is 1.62 bits per heavy atom. The molecule has 48 valence electrons. The van der Waals surface area contributed by atoms with Crippen molar-refractivity contribution < 1.29 is 14.4 Å². The van der Waals surface area contributed by atoms with E-state index in [0.29, 0.717) is 6.42 Å². The van der Waals surface area contributed by atoms with E-state index in [2.05, 4.69) is 0 Å². The third-order valence-electron chi connectivity index (χ3n) is 1.24. The molecule has 0 aromatic carbocycles. The topological polar surface area (TPSA) is 83.6 Å². The van der Waals surface area contributed by atoms with Crippen molar-refractivity contribution in [2.24, 2.45) is 5.73 Å². The number of hydrogen-bond donors (Lipinski definition) is 3. The Hall–Kier alpha value is 0.110. The summed E-state index contributed by atoms with van der Waals surface area (Å²) in [6.07, 6.45) is 0.476. The van der Waals surface area contributed by atoms with Gasteiger partial charge >= 0.3 is 7.60 Å². The largest absolute Gasteiger partial charge is 0.330 e. The maximum Gasteiger partial charge on any atom is 0.330 e. The van der Waals surface area contributed by atoms with E-state index in [9.17, 15) is 4.57 Å². The van der Waals surface area contributed by atoms with Gasteiger partial charge in [0.05, 0.1) is 5.66 Å². The van der Waals surface area contributed by atoms with E-state index >= 15 is 0 Å². The van der Waals surface area contributed by atoms with Gasteiger partial charge in [0, 0.05) is 6.04 Å². The van der Waals surface area contributed by atoms with E-state index in [0.717, 1.165) is 0 Å². The van der Waals surface area contributed by atoms with Crippen LogP contribution in [-0.4, -0.2) is 21.5 Å². The van der Waals surface area contributed by atoms with Gasteiger partial charge in [0.25, 0.3) is 0 Å². The zero-order valence-electron chi connectivity index (χ0n) is 4.19. The Labute approximate surface area is 46.9 Å². The number of hydrogen-bond acceptors (Lipinski definition) is 2. The number of nitrogens with two attached hydrogens (primary N) is 1. The van der Waals surface area contributed by atoms with Gasteiger partial charge in [-0.3, -0.25) is 4.57 Å². The van der Waals surface area contributed by atoms with Crippen LogP contribution in [0.25, 0.3) is 0 Å². The average molecular weight is 137 g/mol. The molecule has 5 heteroatoms. The lowest BCUT2D eigenvalue weighted by Crippen LogP contribution is -2.04. The van der Waals surface area contributed by atoms with Crippen LogP contribution in [0.1, 0.15) is 6.42 Å². The van der Waals surface area contributed by atoms with E-state index < -0.39 is 13.3 Å². The number of rotatable bonds is 1. The highest BCUT2D eigenvalue weighted by atomic mass is 31.2. The molecule has 4 N–H and O–H groups in total. The first-order valence-corrected chi connectivity index (χ1v) is 4.01. The van der Waals surface area contributed by atoms with Gasteiger partial charge in [-0.1, -0.05) is 0 Å². The Balaban J connectivity index is 2.52. The van der Waals surface area contributed by atoms with Crippen LogP contribution in [0.5, 0.6) is 0 Å². The minimum absolute atomic E-state index is 0.254. The highest BCUT2D eigenvalue weighted by Gasteiger charge is 2.47. The third-order valence-corrected chi connectivity index (χ3v) is 2.69. The molecule has 0 aromatic rings. The quantitative estimate of drug-likeness (QED) is 0.416. The summed E-state index contributed by atoms with van der Waals surface area (Å²) < 4.78 is 10.2. The van der Waals surface area contributed by atoms with Crippen LogP contribution in [0.4, 0.5) is 0 Å². The van der Waals surface area contributed by atoms with E-state index in [1.165, 1.54) is 0 Å². The molecule has 0 spiro atoms. The van der Waals surface area contributed by atoms with Crippen molar-refractivity contribution in [1.29, 1.82) is 0 Å². The van der Waals surface area contributed by atoms with Crippen LogP contribution in [0, 0.1) is 0 Å². The molecule has 8 heavy (non-hydrogen) atoms. The summed E-state index contributed by atoms with van der Waals surface area (Å²) in [5.74, 6) is 0. The molecule has 0 radical (unpaired) electrons. The zero-order valence-corrected chi connectivity index (χ0v) is 5.08. The van der Waals surface area contributed by atoms with E-state index in [4.69, 9.17) is 15.5 Å². The van der Waals surface area contributed by atoms with E-state index in [1.54, 1.807) is 0 Å². The fraction of sp³-hybridized carbons (Fsp3) is 1.00. The molecule has 1 saturated carbocycles. The molecule has 0 heterocycles. The molecule has 0 amide bonds. The first-order chi connectivity index (χ1) is 3.52. The lowest BCUT2D eigenvalue weighted by molar-refractivity contribution is 0.370. The van der Waals surface area contributed by atoms with Crippen LogP contribution in [0.2, 0.25) is 0 Å². The summed E-state index contributed by atoms with van der Waals surface area (Å²) in [6, 6.07) is -0.254.